The molecule has 1 fully saturated rings. The molecule has 0 amide bonds. The number of allylic oxidation sites excluding steroid dienone is 2. The van der Waals surface area contributed by atoms with E-state index in [0.717, 1.165) is 17.5 Å². The van der Waals surface area contributed by atoms with Gasteiger partial charge < -0.3 is 9.84 Å². The highest BCUT2D eigenvalue weighted by Gasteiger charge is 2.31. The van der Waals surface area contributed by atoms with Crippen molar-refractivity contribution in [3.05, 3.63) is 40.5 Å². The molecule has 1 aromatic rings. The predicted molar refractivity (Wildman–Crippen MR) is 103 cm³/mol. The van der Waals surface area contributed by atoms with Gasteiger partial charge in [0.25, 0.3) is 0 Å². The summed E-state index contributed by atoms with van der Waals surface area (Å²) in [5, 5.41) is 10.5. The van der Waals surface area contributed by atoms with Crippen LogP contribution in [0.2, 0.25) is 0 Å². The smallest absolute Gasteiger partial charge is 0.122 e. The van der Waals surface area contributed by atoms with Crippen molar-refractivity contribution in [1.29, 1.82) is 0 Å². The van der Waals surface area contributed by atoms with Gasteiger partial charge in [-0.3, -0.25) is 0 Å². The number of hydrogen-bond acceptors (Lipinski definition) is 2. The fourth-order valence-corrected chi connectivity index (χ4v) is 3.34. The molecular weight excluding hydrogens is 296 g/mol. The Morgan fingerprint density at radius 1 is 1.04 bits per heavy atom. The van der Waals surface area contributed by atoms with Crippen LogP contribution in [0.25, 0.3) is 12.2 Å². The Hall–Kier alpha value is -1.54. The molecule has 1 aliphatic heterocycles. The lowest BCUT2D eigenvalue weighted by Gasteiger charge is -2.16. The van der Waals surface area contributed by atoms with Crippen LogP contribution in [0.4, 0.5) is 0 Å². The number of epoxide rings is 1. The molecule has 2 nitrogen and oxygen atoms in total. The summed E-state index contributed by atoms with van der Waals surface area (Å²) in [6.45, 7) is 7.03. The first-order chi connectivity index (χ1) is 11.7. The summed E-state index contributed by atoms with van der Waals surface area (Å²) in [5.74, 6) is 0.389. The number of aryl methyl sites for hydroxylation is 1. The van der Waals surface area contributed by atoms with E-state index in [0.29, 0.717) is 12.4 Å². The topological polar surface area (TPSA) is 32.8 Å². The Morgan fingerprint density at radius 2 is 1.67 bits per heavy atom. The van der Waals surface area contributed by atoms with Crippen molar-refractivity contribution in [2.45, 2.75) is 71.8 Å². The van der Waals surface area contributed by atoms with E-state index in [9.17, 15) is 5.11 Å². The number of hydrogen-bond donors (Lipinski definition) is 1. The van der Waals surface area contributed by atoms with Gasteiger partial charge in [-0.15, -0.1) is 0 Å². The van der Waals surface area contributed by atoms with E-state index in [1.807, 2.05) is 26.0 Å². The van der Waals surface area contributed by atoms with Gasteiger partial charge in [-0.2, -0.15) is 0 Å². The van der Waals surface area contributed by atoms with Crippen molar-refractivity contribution in [2.75, 3.05) is 6.61 Å². The largest absolute Gasteiger partial charge is 0.508 e. The van der Waals surface area contributed by atoms with Crippen LogP contribution in [-0.4, -0.2) is 11.7 Å². The van der Waals surface area contributed by atoms with Crippen molar-refractivity contribution in [1.82, 2.24) is 0 Å². The van der Waals surface area contributed by atoms with Crippen LogP contribution in [-0.2, 0) is 11.2 Å². The van der Waals surface area contributed by atoms with E-state index in [1.54, 1.807) is 0 Å². The second kappa shape index (κ2) is 9.68. The lowest BCUT2D eigenvalue weighted by atomic mass is 9.90. The minimum absolute atomic E-state index is 0.0586. The van der Waals surface area contributed by atoms with Crippen LogP contribution in [0.1, 0.15) is 87.7 Å². The molecule has 0 saturated carbocycles. The third-order valence-electron chi connectivity index (χ3n) is 4.63. The average Bonchev–Trinajstić information content (AvgIpc) is 3.39. The third-order valence-corrected chi connectivity index (χ3v) is 4.63. The minimum atomic E-state index is 0.0586. The molecule has 1 heterocycles. The first-order valence-electron chi connectivity index (χ1n) is 9.48. The number of ether oxygens (including phenoxy) is 1. The Morgan fingerprint density at radius 3 is 2.29 bits per heavy atom. The molecule has 0 bridgehead atoms. The van der Waals surface area contributed by atoms with Crippen molar-refractivity contribution in [3.8, 4) is 5.75 Å². The summed E-state index contributed by atoms with van der Waals surface area (Å²) in [6, 6.07) is 1.96. The highest BCUT2D eigenvalue weighted by molar-refractivity contribution is 5.73. The second-order valence-electron chi connectivity index (χ2n) is 6.64. The van der Waals surface area contributed by atoms with Gasteiger partial charge >= 0.3 is 0 Å². The molecule has 1 aliphatic rings. The monoisotopic (exact) mass is 328 g/mol. The fraction of sp³-hybridized carbons (Fsp3) is 0.545. The van der Waals surface area contributed by atoms with E-state index in [-0.39, 0.29) is 6.10 Å². The SMILES string of the molecule is CC=Cc1c(CCCCCCCC)cc(O)c(C2CO2)c1C=CC. The molecule has 0 spiro atoms. The summed E-state index contributed by atoms with van der Waals surface area (Å²) >= 11 is 0. The molecule has 1 saturated heterocycles. The summed E-state index contributed by atoms with van der Waals surface area (Å²) < 4.78 is 5.45. The number of phenolic OH excluding ortho intramolecular Hbond substituents is 1. The maximum absolute atomic E-state index is 10.5. The normalized spacial score (nSPS) is 17.2. The summed E-state index contributed by atoms with van der Waals surface area (Å²) in [6.07, 6.45) is 17.2. The number of rotatable bonds is 10. The standard InChI is InChI=1S/C22H32O2/c1-4-7-8-9-10-11-14-17-15-20(23)22(21-16-24-21)19(13-6-3)18(17)12-5-2/h5-6,12-13,15,21,23H,4,7-11,14,16H2,1-3H3. The lowest BCUT2D eigenvalue weighted by Crippen LogP contribution is -1.99. The first-order valence-corrected chi connectivity index (χ1v) is 9.48. The molecule has 1 unspecified atom stereocenters. The minimum Gasteiger partial charge on any atom is -0.508 e. The Balaban J connectivity index is 2.20. The highest BCUT2D eigenvalue weighted by atomic mass is 16.6. The molecule has 1 atom stereocenters. The van der Waals surface area contributed by atoms with Crippen LogP contribution in [0.5, 0.6) is 5.75 Å². The number of aromatic hydroxyl groups is 1. The predicted octanol–water partition coefficient (Wildman–Crippen LogP) is 6.43. The van der Waals surface area contributed by atoms with Crippen LogP contribution in [0.15, 0.2) is 18.2 Å². The van der Waals surface area contributed by atoms with E-state index in [1.165, 1.54) is 49.7 Å². The van der Waals surface area contributed by atoms with Gasteiger partial charge in [0.15, 0.2) is 0 Å². The highest BCUT2D eigenvalue weighted by Crippen LogP contribution is 2.42. The molecule has 1 N–H and O–H groups in total. The molecular formula is C22H32O2. The van der Waals surface area contributed by atoms with Crippen molar-refractivity contribution >= 4 is 12.2 Å². The zero-order chi connectivity index (χ0) is 17.4. The van der Waals surface area contributed by atoms with Crippen LogP contribution in [0.3, 0.4) is 0 Å². The molecule has 24 heavy (non-hydrogen) atoms. The Kier molecular flexibility index (Phi) is 7.58. The zero-order valence-electron chi connectivity index (χ0n) is 15.5. The first kappa shape index (κ1) is 18.8. The number of benzene rings is 1. The molecule has 0 radical (unpaired) electrons. The van der Waals surface area contributed by atoms with Gasteiger partial charge in [-0.1, -0.05) is 63.3 Å². The Labute approximate surface area is 147 Å². The molecule has 1 aromatic carbocycles. The van der Waals surface area contributed by atoms with Crippen molar-refractivity contribution < 1.29 is 9.84 Å². The number of phenols is 1. The fourth-order valence-electron chi connectivity index (χ4n) is 3.34. The van der Waals surface area contributed by atoms with Gasteiger partial charge in [0.2, 0.25) is 0 Å². The molecule has 2 rings (SSSR count). The van der Waals surface area contributed by atoms with Gasteiger partial charge in [-0.05, 0) is 49.4 Å². The lowest BCUT2D eigenvalue weighted by molar-refractivity contribution is 0.400. The van der Waals surface area contributed by atoms with E-state index in [4.69, 9.17) is 4.74 Å². The number of unbranched alkanes of at least 4 members (excludes halogenated alkanes) is 5. The van der Waals surface area contributed by atoms with E-state index < -0.39 is 0 Å². The maximum atomic E-state index is 10.5. The summed E-state index contributed by atoms with van der Waals surface area (Å²) in [5.41, 5.74) is 4.57. The molecule has 132 valence electrons. The van der Waals surface area contributed by atoms with Gasteiger partial charge in [0, 0.05) is 5.56 Å². The third kappa shape index (κ3) is 4.98. The summed E-state index contributed by atoms with van der Waals surface area (Å²) in [7, 11) is 0. The van der Waals surface area contributed by atoms with Crippen molar-refractivity contribution in [2.24, 2.45) is 0 Å². The van der Waals surface area contributed by atoms with Crippen LogP contribution < -0.4 is 0 Å². The molecule has 2 heteroatoms. The summed E-state index contributed by atoms with van der Waals surface area (Å²) in [4.78, 5) is 0. The van der Waals surface area contributed by atoms with Gasteiger partial charge in [-0.25, -0.2) is 0 Å². The van der Waals surface area contributed by atoms with E-state index in [2.05, 4.69) is 25.2 Å². The van der Waals surface area contributed by atoms with E-state index >= 15 is 0 Å². The Bertz CT molecular complexity index is 580. The van der Waals surface area contributed by atoms with Crippen LogP contribution in [0, 0.1) is 0 Å². The molecule has 0 aliphatic carbocycles. The van der Waals surface area contributed by atoms with Gasteiger partial charge in [0.05, 0.1) is 6.61 Å². The second-order valence-corrected chi connectivity index (χ2v) is 6.64. The maximum Gasteiger partial charge on any atom is 0.122 e. The molecule has 0 aromatic heterocycles. The van der Waals surface area contributed by atoms with Gasteiger partial charge in [0.1, 0.15) is 11.9 Å². The van der Waals surface area contributed by atoms with Crippen molar-refractivity contribution in [3.63, 3.8) is 0 Å². The average molecular weight is 328 g/mol. The zero-order valence-corrected chi connectivity index (χ0v) is 15.5. The van der Waals surface area contributed by atoms with Crippen LogP contribution >= 0.6 is 0 Å². The quantitative estimate of drug-likeness (QED) is 0.396.